The van der Waals surface area contributed by atoms with Gasteiger partial charge in [-0.1, -0.05) is 6.07 Å². The summed E-state index contributed by atoms with van der Waals surface area (Å²) in [6.07, 6.45) is -3.54. The second kappa shape index (κ2) is 9.86. The lowest BCUT2D eigenvalue weighted by atomic mass is 9.96. The van der Waals surface area contributed by atoms with Crippen molar-refractivity contribution in [3.63, 3.8) is 0 Å². The van der Waals surface area contributed by atoms with Crippen LogP contribution in [0.2, 0.25) is 0 Å². The Balaban J connectivity index is 1.36. The molecule has 1 N–H and O–H groups in total. The van der Waals surface area contributed by atoms with Gasteiger partial charge < -0.3 is 24.3 Å². The summed E-state index contributed by atoms with van der Waals surface area (Å²) in [5, 5.41) is 11.4. The Bertz CT molecular complexity index is 1440. The molecule has 0 radical (unpaired) electrons. The molecule has 2 aliphatic heterocycles. The van der Waals surface area contributed by atoms with E-state index in [0.717, 1.165) is 24.2 Å². The predicted octanol–water partition coefficient (Wildman–Crippen LogP) is 4.34. The number of fused-ring (bicyclic) bond motifs is 2. The van der Waals surface area contributed by atoms with Crippen molar-refractivity contribution in [1.82, 2.24) is 24.6 Å². The summed E-state index contributed by atoms with van der Waals surface area (Å²) in [5.74, 6) is 1.63. The minimum atomic E-state index is -4.61. The first-order chi connectivity index (χ1) is 18.4. The lowest BCUT2D eigenvalue weighted by Crippen LogP contribution is -2.38. The molecule has 4 heterocycles. The van der Waals surface area contributed by atoms with Gasteiger partial charge in [-0.3, -0.25) is 4.79 Å². The number of carbonyl (C=O) groups excluding carboxylic acids is 2. The Labute approximate surface area is 222 Å². The number of carbonyl (C=O) groups is 2. The fourth-order valence-corrected chi connectivity index (χ4v) is 4.95. The summed E-state index contributed by atoms with van der Waals surface area (Å²) < 4.78 is 49.3. The van der Waals surface area contributed by atoms with Gasteiger partial charge in [-0.2, -0.15) is 13.2 Å². The molecule has 0 atom stereocenters. The molecule has 2 aromatic heterocycles. The molecule has 10 nitrogen and oxygen atoms in total. The van der Waals surface area contributed by atoms with Crippen molar-refractivity contribution in [2.45, 2.75) is 51.4 Å². The first kappa shape index (κ1) is 26.4. The van der Waals surface area contributed by atoms with E-state index in [4.69, 9.17) is 4.74 Å². The number of anilines is 1. The van der Waals surface area contributed by atoms with Crippen molar-refractivity contribution >= 4 is 17.8 Å². The van der Waals surface area contributed by atoms with Gasteiger partial charge in [0.25, 0.3) is 5.91 Å². The van der Waals surface area contributed by atoms with Gasteiger partial charge in [0.15, 0.2) is 12.4 Å². The van der Waals surface area contributed by atoms with Crippen LogP contribution in [0.5, 0.6) is 5.75 Å². The smallest absolute Gasteiger partial charge is 0.422 e. The number of ether oxygens (including phenoxy) is 2. The van der Waals surface area contributed by atoms with Crippen LogP contribution in [0.3, 0.4) is 0 Å². The van der Waals surface area contributed by atoms with Crippen LogP contribution in [0.15, 0.2) is 30.3 Å². The SMILES string of the molecule is COc1cc2c(cc1C(=O)Nc1cccc(-c3nnc4n3C(C)(C)CC4)n1)CN(C(=O)OCC(F)(F)F)CC2. The number of nitrogens with zero attached hydrogens (tertiary/aromatic N) is 5. The molecule has 3 aromatic rings. The van der Waals surface area contributed by atoms with E-state index in [-0.39, 0.29) is 24.2 Å². The second-order valence-corrected chi connectivity index (χ2v) is 10.1. The molecule has 1 aromatic carbocycles. The molecule has 5 rings (SSSR count). The van der Waals surface area contributed by atoms with E-state index in [0.29, 0.717) is 35.1 Å². The van der Waals surface area contributed by atoms with Crippen molar-refractivity contribution in [2.24, 2.45) is 0 Å². The molecule has 0 spiro atoms. The van der Waals surface area contributed by atoms with Crippen molar-refractivity contribution < 1.29 is 32.2 Å². The molecular formula is C26H27F3N6O4. The fraction of sp³-hybridized carbons (Fsp3) is 0.423. The number of hydrogen-bond acceptors (Lipinski definition) is 7. The summed E-state index contributed by atoms with van der Waals surface area (Å²) in [5.41, 5.74) is 2.04. The van der Waals surface area contributed by atoms with Crippen molar-refractivity contribution in [1.29, 1.82) is 0 Å². The Morgan fingerprint density at radius 2 is 1.92 bits per heavy atom. The van der Waals surface area contributed by atoms with Crippen molar-refractivity contribution in [2.75, 3.05) is 25.6 Å². The van der Waals surface area contributed by atoms with Gasteiger partial charge in [-0.15, -0.1) is 10.2 Å². The third kappa shape index (κ3) is 5.38. The number of alkyl halides is 3. The van der Waals surface area contributed by atoms with Gasteiger partial charge in [0.1, 0.15) is 23.1 Å². The molecule has 0 aliphatic carbocycles. The first-order valence-corrected chi connectivity index (χ1v) is 12.4. The van der Waals surface area contributed by atoms with Crippen LogP contribution in [-0.4, -0.2) is 63.1 Å². The monoisotopic (exact) mass is 544 g/mol. The summed E-state index contributed by atoms with van der Waals surface area (Å²) in [7, 11) is 1.44. The summed E-state index contributed by atoms with van der Waals surface area (Å²) in [6, 6.07) is 8.49. The number of methoxy groups -OCH3 is 1. The molecule has 0 bridgehead atoms. The van der Waals surface area contributed by atoms with E-state index in [1.54, 1.807) is 30.3 Å². The van der Waals surface area contributed by atoms with E-state index in [2.05, 4.69) is 43.6 Å². The van der Waals surface area contributed by atoms with Crippen LogP contribution in [-0.2, 0) is 29.7 Å². The highest BCUT2D eigenvalue weighted by Crippen LogP contribution is 2.35. The van der Waals surface area contributed by atoms with Crippen molar-refractivity contribution in [3.8, 4) is 17.3 Å². The molecular weight excluding hydrogens is 517 g/mol. The van der Waals surface area contributed by atoms with E-state index in [9.17, 15) is 22.8 Å². The highest BCUT2D eigenvalue weighted by molar-refractivity contribution is 6.06. The maximum atomic E-state index is 13.3. The number of amides is 2. The van der Waals surface area contributed by atoms with E-state index < -0.39 is 24.8 Å². The average Bonchev–Trinajstić information content (AvgIpc) is 3.46. The number of nitrogens with one attached hydrogen (secondary N) is 1. The maximum Gasteiger partial charge on any atom is 0.422 e. The summed E-state index contributed by atoms with van der Waals surface area (Å²) in [6.45, 7) is 2.74. The summed E-state index contributed by atoms with van der Waals surface area (Å²) >= 11 is 0. The number of aryl methyl sites for hydroxylation is 1. The largest absolute Gasteiger partial charge is 0.496 e. The number of rotatable bonds is 5. The van der Waals surface area contributed by atoms with Gasteiger partial charge in [-0.05, 0) is 62.1 Å². The zero-order chi connectivity index (χ0) is 27.9. The van der Waals surface area contributed by atoms with E-state index in [1.807, 2.05) is 0 Å². The second-order valence-electron chi connectivity index (χ2n) is 10.1. The van der Waals surface area contributed by atoms with E-state index in [1.165, 1.54) is 12.0 Å². The molecule has 2 amide bonds. The van der Waals surface area contributed by atoms with Crippen LogP contribution in [0.4, 0.5) is 23.8 Å². The molecule has 13 heteroatoms. The molecule has 2 aliphatic rings. The molecule has 0 saturated heterocycles. The van der Waals surface area contributed by atoms with Gasteiger partial charge in [0.2, 0.25) is 0 Å². The fourth-order valence-electron chi connectivity index (χ4n) is 4.95. The van der Waals surface area contributed by atoms with Gasteiger partial charge in [0.05, 0.1) is 12.7 Å². The van der Waals surface area contributed by atoms with Crippen LogP contribution in [0.25, 0.3) is 11.5 Å². The highest BCUT2D eigenvalue weighted by atomic mass is 19.4. The molecule has 0 unspecified atom stereocenters. The summed E-state index contributed by atoms with van der Waals surface area (Å²) in [4.78, 5) is 31.2. The standard InChI is InChI=1S/C26H27F3N6O4/c1-25(2)9-7-21-32-33-22(35(21)25)18-5-4-6-20(30-18)31-23(36)17-11-16-13-34(24(37)39-14-26(27,28)29)10-8-15(16)12-19(17)38-3/h4-6,11-12H,7-10,13-14H2,1-3H3,(H,30,31,36). The molecule has 39 heavy (non-hydrogen) atoms. The Kier molecular flexibility index (Phi) is 6.69. The van der Waals surface area contributed by atoms with E-state index >= 15 is 0 Å². The number of pyridine rings is 1. The Morgan fingerprint density at radius 1 is 1.13 bits per heavy atom. The maximum absolute atomic E-state index is 13.3. The zero-order valence-corrected chi connectivity index (χ0v) is 21.6. The Hall–Kier alpha value is -4.16. The average molecular weight is 545 g/mol. The van der Waals surface area contributed by atoms with Crippen LogP contribution >= 0.6 is 0 Å². The number of benzene rings is 1. The van der Waals surface area contributed by atoms with Gasteiger partial charge in [-0.25, -0.2) is 9.78 Å². The third-order valence-corrected chi connectivity index (χ3v) is 6.91. The topological polar surface area (TPSA) is 111 Å². The minimum Gasteiger partial charge on any atom is -0.496 e. The molecule has 0 fully saturated rings. The lowest BCUT2D eigenvalue weighted by molar-refractivity contribution is -0.162. The number of hydrogen-bond donors (Lipinski definition) is 1. The minimum absolute atomic E-state index is 0.00217. The first-order valence-electron chi connectivity index (χ1n) is 12.4. The van der Waals surface area contributed by atoms with Gasteiger partial charge in [0, 0.05) is 25.0 Å². The van der Waals surface area contributed by atoms with Crippen molar-refractivity contribution in [3.05, 3.63) is 52.8 Å². The van der Waals surface area contributed by atoms with Gasteiger partial charge >= 0.3 is 12.3 Å². The zero-order valence-electron chi connectivity index (χ0n) is 21.6. The third-order valence-electron chi connectivity index (χ3n) is 6.91. The predicted molar refractivity (Wildman–Crippen MR) is 133 cm³/mol. The molecule has 0 saturated carbocycles. The normalized spacial score (nSPS) is 15.9. The molecule has 206 valence electrons. The number of halogens is 3. The highest BCUT2D eigenvalue weighted by Gasteiger charge is 2.34. The van der Waals surface area contributed by atoms with Crippen LogP contribution in [0.1, 0.15) is 47.6 Å². The van der Waals surface area contributed by atoms with Crippen LogP contribution < -0.4 is 10.1 Å². The van der Waals surface area contributed by atoms with Crippen LogP contribution in [0, 0.1) is 0 Å². The quantitative estimate of drug-likeness (QED) is 0.509. The Morgan fingerprint density at radius 3 is 2.67 bits per heavy atom. The number of aromatic nitrogens is 4. The lowest BCUT2D eigenvalue weighted by Gasteiger charge is -2.29.